The third kappa shape index (κ3) is 1.87. The molecule has 18 heavy (non-hydrogen) atoms. The molecule has 0 bridgehead atoms. The quantitative estimate of drug-likeness (QED) is 0.912. The van der Waals surface area contributed by atoms with Crippen molar-refractivity contribution in [1.29, 1.82) is 0 Å². The first-order valence-corrected chi connectivity index (χ1v) is 7.60. The predicted molar refractivity (Wildman–Crippen MR) is 67.2 cm³/mol. The first-order chi connectivity index (χ1) is 8.58. The molecule has 0 atom stereocenters. The van der Waals surface area contributed by atoms with E-state index in [0.29, 0.717) is 23.7 Å². The summed E-state index contributed by atoms with van der Waals surface area (Å²) in [4.78, 5) is -0.171. The molecule has 3 nitrogen and oxygen atoms in total. The molecule has 1 saturated carbocycles. The second-order valence-electron chi connectivity index (χ2n) is 4.81. The number of sulfone groups is 1. The summed E-state index contributed by atoms with van der Waals surface area (Å²) in [5.74, 6) is -0.664. The normalized spacial score (nSPS) is 21.3. The molecule has 2 aliphatic rings. The van der Waals surface area contributed by atoms with Gasteiger partial charge in [0.2, 0.25) is 9.84 Å². The molecule has 1 fully saturated rings. The second-order valence-corrected chi connectivity index (χ2v) is 6.55. The largest absolute Gasteiger partial charge is 0.310 e. The minimum atomic E-state index is -3.60. The van der Waals surface area contributed by atoms with Crippen LogP contribution in [0.15, 0.2) is 28.5 Å². The monoisotopic (exact) mass is 267 g/mol. The molecule has 1 aromatic carbocycles. The van der Waals surface area contributed by atoms with Gasteiger partial charge in [-0.25, -0.2) is 12.8 Å². The van der Waals surface area contributed by atoms with Crippen LogP contribution in [-0.2, 0) is 9.84 Å². The highest BCUT2D eigenvalue weighted by molar-refractivity contribution is 7.95. The summed E-state index contributed by atoms with van der Waals surface area (Å²) >= 11 is 0. The molecular weight excluding hydrogens is 253 g/mol. The molecular formula is C13H14FNO2S. The molecule has 1 aliphatic carbocycles. The Morgan fingerprint density at radius 2 is 2.11 bits per heavy atom. The Labute approximate surface area is 106 Å². The Morgan fingerprint density at radius 1 is 1.33 bits per heavy atom. The van der Waals surface area contributed by atoms with Crippen LogP contribution in [0.4, 0.5) is 4.39 Å². The summed E-state index contributed by atoms with van der Waals surface area (Å²) < 4.78 is 37.3. The second kappa shape index (κ2) is 4.17. The van der Waals surface area contributed by atoms with Gasteiger partial charge in [-0.05, 0) is 24.5 Å². The summed E-state index contributed by atoms with van der Waals surface area (Å²) in [7, 11) is -3.60. The van der Waals surface area contributed by atoms with E-state index in [-0.39, 0.29) is 4.90 Å². The van der Waals surface area contributed by atoms with E-state index < -0.39 is 15.7 Å². The van der Waals surface area contributed by atoms with E-state index in [1.807, 2.05) is 0 Å². The first-order valence-electron chi connectivity index (χ1n) is 6.06. The lowest BCUT2D eigenvalue weighted by Gasteiger charge is -2.26. The maximum absolute atomic E-state index is 13.6. The minimum Gasteiger partial charge on any atom is -0.310 e. The number of nitrogens with one attached hydrogen (secondary N) is 1. The summed E-state index contributed by atoms with van der Waals surface area (Å²) in [6.45, 7) is 0.486. The minimum absolute atomic E-state index is 0.171. The van der Waals surface area contributed by atoms with Crippen molar-refractivity contribution in [3.63, 3.8) is 0 Å². The lowest BCUT2D eigenvalue weighted by Crippen LogP contribution is -2.35. The van der Waals surface area contributed by atoms with Crippen molar-refractivity contribution in [1.82, 2.24) is 5.32 Å². The lowest BCUT2D eigenvalue weighted by atomic mass is 9.93. The van der Waals surface area contributed by atoms with Gasteiger partial charge in [-0.3, -0.25) is 0 Å². The molecule has 0 unspecified atom stereocenters. The zero-order chi connectivity index (χ0) is 12.8. The van der Waals surface area contributed by atoms with Crippen LogP contribution < -0.4 is 5.32 Å². The maximum Gasteiger partial charge on any atom is 0.203 e. The van der Waals surface area contributed by atoms with Crippen molar-refractivity contribution in [3.8, 4) is 0 Å². The Kier molecular flexibility index (Phi) is 2.75. The van der Waals surface area contributed by atoms with Crippen LogP contribution in [0.3, 0.4) is 0 Å². The maximum atomic E-state index is 13.6. The Morgan fingerprint density at radius 3 is 2.78 bits per heavy atom. The molecule has 96 valence electrons. The van der Waals surface area contributed by atoms with E-state index in [1.165, 1.54) is 17.9 Å². The van der Waals surface area contributed by atoms with Gasteiger partial charge in [0.25, 0.3) is 0 Å². The van der Waals surface area contributed by atoms with Gasteiger partial charge in [0.1, 0.15) is 10.7 Å². The van der Waals surface area contributed by atoms with Crippen LogP contribution in [0.5, 0.6) is 0 Å². The lowest BCUT2D eigenvalue weighted by molar-refractivity contribution is 0.353. The van der Waals surface area contributed by atoms with Crippen molar-refractivity contribution in [2.24, 2.45) is 0 Å². The molecule has 0 saturated heterocycles. The van der Waals surface area contributed by atoms with Gasteiger partial charge in [-0.15, -0.1) is 0 Å². The van der Waals surface area contributed by atoms with Gasteiger partial charge in [0.15, 0.2) is 0 Å². The third-order valence-electron chi connectivity index (χ3n) is 3.58. The first kappa shape index (κ1) is 11.9. The van der Waals surface area contributed by atoms with Crippen LogP contribution in [0.2, 0.25) is 0 Å². The molecule has 0 amide bonds. The fourth-order valence-corrected chi connectivity index (χ4v) is 3.91. The van der Waals surface area contributed by atoms with Gasteiger partial charge in [-0.2, -0.15) is 0 Å². The van der Waals surface area contributed by atoms with E-state index in [1.54, 1.807) is 12.1 Å². The van der Waals surface area contributed by atoms with Gasteiger partial charge in [0.05, 0.1) is 0 Å². The van der Waals surface area contributed by atoms with E-state index in [4.69, 9.17) is 0 Å². The van der Waals surface area contributed by atoms with E-state index in [2.05, 4.69) is 5.32 Å². The van der Waals surface area contributed by atoms with Crippen LogP contribution in [0, 0.1) is 5.82 Å². The molecule has 1 aromatic rings. The molecule has 0 aromatic heterocycles. The van der Waals surface area contributed by atoms with Crippen molar-refractivity contribution >= 4 is 15.4 Å². The number of fused-ring (bicyclic) bond motifs is 1. The van der Waals surface area contributed by atoms with Crippen molar-refractivity contribution in [3.05, 3.63) is 35.0 Å². The Balaban J connectivity index is 1.91. The molecule has 0 radical (unpaired) electrons. The highest BCUT2D eigenvalue weighted by Gasteiger charge is 2.30. The smallest absolute Gasteiger partial charge is 0.203 e. The molecule has 3 rings (SSSR count). The molecule has 1 N–H and O–H groups in total. The molecule has 0 spiro atoms. The molecule has 5 heteroatoms. The summed E-state index contributed by atoms with van der Waals surface area (Å²) in [6, 6.07) is 4.88. The van der Waals surface area contributed by atoms with Crippen molar-refractivity contribution in [2.45, 2.75) is 30.2 Å². The summed E-state index contributed by atoms with van der Waals surface area (Å²) in [6.07, 6.45) is 3.49. The fourth-order valence-electron chi connectivity index (χ4n) is 2.36. The fraction of sp³-hybridized carbons (Fsp3) is 0.385. The number of hydrogen-bond acceptors (Lipinski definition) is 3. The van der Waals surface area contributed by atoms with Crippen molar-refractivity contribution < 1.29 is 12.8 Å². The van der Waals surface area contributed by atoms with Crippen LogP contribution in [0.1, 0.15) is 24.8 Å². The highest BCUT2D eigenvalue weighted by Crippen LogP contribution is 2.35. The zero-order valence-electron chi connectivity index (χ0n) is 9.82. The summed E-state index contributed by atoms with van der Waals surface area (Å²) in [5, 5.41) is 4.49. The highest BCUT2D eigenvalue weighted by atomic mass is 32.2. The van der Waals surface area contributed by atoms with E-state index >= 15 is 0 Å². The van der Waals surface area contributed by atoms with Gasteiger partial charge >= 0.3 is 0 Å². The number of hydrogen-bond donors (Lipinski definition) is 1. The Bertz CT molecular complexity index is 618. The van der Waals surface area contributed by atoms with Crippen LogP contribution in [0.25, 0.3) is 5.57 Å². The van der Waals surface area contributed by atoms with Gasteiger partial charge < -0.3 is 5.32 Å². The zero-order valence-corrected chi connectivity index (χ0v) is 10.6. The number of rotatable bonds is 3. The van der Waals surface area contributed by atoms with Gasteiger partial charge in [-0.1, -0.05) is 18.6 Å². The average Bonchev–Trinajstić information content (AvgIpc) is 2.50. The van der Waals surface area contributed by atoms with E-state index in [9.17, 15) is 12.8 Å². The predicted octanol–water partition coefficient (Wildman–Crippen LogP) is 2.10. The summed E-state index contributed by atoms with van der Waals surface area (Å²) in [5.41, 5.74) is 1.17. The van der Waals surface area contributed by atoms with Crippen molar-refractivity contribution in [2.75, 3.05) is 6.54 Å². The molecule has 1 aliphatic heterocycles. The number of halogens is 1. The number of benzene rings is 1. The molecule has 1 heterocycles. The topological polar surface area (TPSA) is 46.2 Å². The van der Waals surface area contributed by atoms with Crippen LogP contribution >= 0.6 is 0 Å². The van der Waals surface area contributed by atoms with Gasteiger partial charge in [0, 0.05) is 23.6 Å². The van der Waals surface area contributed by atoms with E-state index in [0.717, 1.165) is 12.8 Å². The van der Waals surface area contributed by atoms with Crippen LogP contribution in [-0.4, -0.2) is 21.0 Å². The Hall–Kier alpha value is -1.20. The SMILES string of the molecule is O=S1(=O)C=C(CNC2CCC2)c2cccc(F)c21. The third-order valence-corrected chi connectivity index (χ3v) is 5.16. The average molecular weight is 267 g/mol. The standard InChI is InChI=1S/C13H14FNO2S/c14-12-6-2-5-11-9(7-15-10-3-1-4-10)8-18(16,17)13(11)12/h2,5-6,8,10,15H,1,3-4,7H2.